The summed E-state index contributed by atoms with van der Waals surface area (Å²) in [6, 6.07) is 4.21. The molecule has 1 amide bonds. The van der Waals surface area contributed by atoms with Crippen LogP contribution >= 0.6 is 0 Å². The maximum Gasteiger partial charge on any atom is 0.267 e. The van der Waals surface area contributed by atoms with Crippen LogP contribution in [0, 0.1) is 0 Å². The number of likely N-dealkylation sites (tertiary alicyclic amines) is 1. The van der Waals surface area contributed by atoms with Crippen LogP contribution < -0.4 is 5.32 Å². The fourth-order valence-corrected chi connectivity index (χ4v) is 3.47. The Balaban J connectivity index is 1.81. The highest BCUT2D eigenvalue weighted by Crippen LogP contribution is 2.33. The van der Waals surface area contributed by atoms with Crippen molar-refractivity contribution in [1.82, 2.24) is 25.0 Å². The number of amides is 1. The largest absolute Gasteiger partial charge is 0.424 e. The van der Waals surface area contributed by atoms with Gasteiger partial charge in [0.05, 0.1) is 12.6 Å². The lowest BCUT2D eigenvalue weighted by molar-refractivity contribution is 0.0951. The molecule has 1 aliphatic heterocycles. The number of piperidine rings is 1. The molecular formula is C18H27N5O2. The standard InChI is InChI=1S/C18H27N5O2/c1-12(2)18-21-20-16(25-18)11-23-10-6-5-7-14(23)13-8-9-15(22(13)4)17(24)19-3/h8-9,12,14H,5-7,10-11H2,1-4H3,(H,19,24)/t14-/m1/s1. The summed E-state index contributed by atoms with van der Waals surface area (Å²) in [6.07, 6.45) is 3.41. The summed E-state index contributed by atoms with van der Waals surface area (Å²) in [5.41, 5.74) is 1.84. The molecule has 2 aromatic heterocycles. The number of aromatic nitrogens is 3. The van der Waals surface area contributed by atoms with Gasteiger partial charge in [-0.25, -0.2) is 0 Å². The average Bonchev–Trinajstić information content (AvgIpc) is 3.22. The Morgan fingerprint density at radius 3 is 2.84 bits per heavy atom. The third-order valence-corrected chi connectivity index (χ3v) is 4.89. The highest BCUT2D eigenvalue weighted by Gasteiger charge is 2.28. The maximum atomic E-state index is 12.0. The van der Waals surface area contributed by atoms with Gasteiger partial charge in [0.15, 0.2) is 0 Å². The molecule has 3 heterocycles. The molecule has 1 atom stereocenters. The first-order valence-electron chi connectivity index (χ1n) is 8.95. The quantitative estimate of drug-likeness (QED) is 0.901. The zero-order chi connectivity index (χ0) is 18.0. The van der Waals surface area contributed by atoms with Crippen molar-refractivity contribution in [3.63, 3.8) is 0 Å². The molecule has 0 saturated carbocycles. The molecule has 1 saturated heterocycles. The second kappa shape index (κ2) is 7.39. The Bertz CT molecular complexity index is 734. The molecule has 7 heteroatoms. The Labute approximate surface area is 148 Å². The van der Waals surface area contributed by atoms with Gasteiger partial charge in [0.1, 0.15) is 5.69 Å². The monoisotopic (exact) mass is 345 g/mol. The summed E-state index contributed by atoms with van der Waals surface area (Å²) in [5.74, 6) is 1.52. The van der Waals surface area contributed by atoms with E-state index in [1.165, 1.54) is 6.42 Å². The minimum Gasteiger partial charge on any atom is -0.424 e. The summed E-state index contributed by atoms with van der Waals surface area (Å²) in [6.45, 7) is 5.73. The number of rotatable bonds is 5. The van der Waals surface area contributed by atoms with Crippen LogP contribution in [0.2, 0.25) is 0 Å². The van der Waals surface area contributed by atoms with Crippen molar-refractivity contribution >= 4 is 5.91 Å². The second-order valence-corrected chi connectivity index (χ2v) is 6.95. The highest BCUT2D eigenvalue weighted by atomic mass is 16.4. The normalized spacial score (nSPS) is 18.7. The lowest BCUT2D eigenvalue weighted by Gasteiger charge is -2.35. The van der Waals surface area contributed by atoms with Crippen LogP contribution in [0.15, 0.2) is 16.5 Å². The van der Waals surface area contributed by atoms with E-state index in [0.29, 0.717) is 24.0 Å². The van der Waals surface area contributed by atoms with Crippen LogP contribution in [0.5, 0.6) is 0 Å². The number of carbonyl (C=O) groups is 1. The lowest BCUT2D eigenvalue weighted by Crippen LogP contribution is -2.34. The van der Waals surface area contributed by atoms with Gasteiger partial charge in [-0.1, -0.05) is 20.3 Å². The summed E-state index contributed by atoms with van der Waals surface area (Å²) in [4.78, 5) is 14.4. The SMILES string of the molecule is CNC(=O)c1ccc([C@H]2CCCCN2Cc2nnc(C(C)C)o2)n1C. The fraction of sp³-hybridized carbons (Fsp3) is 0.611. The van der Waals surface area contributed by atoms with Gasteiger partial charge in [0, 0.05) is 25.7 Å². The van der Waals surface area contributed by atoms with E-state index in [9.17, 15) is 4.79 Å². The summed E-state index contributed by atoms with van der Waals surface area (Å²) in [7, 11) is 3.61. The van der Waals surface area contributed by atoms with Crippen molar-refractivity contribution in [2.24, 2.45) is 7.05 Å². The van der Waals surface area contributed by atoms with Crippen molar-refractivity contribution < 1.29 is 9.21 Å². The summed E-state index contributed by atoms with van der Waals surface area (Å²) < 4.78 is 7.78. The molecule has 0 aromatic carbocycles. The molecular weight excluding hydrogens is 318 g/mol. The van der Waals surface area contributed by atoms with Gasteiger partial charge in [0.2, 0.25) is 11.8 Å². The number of hydrogen-bond acceptors (Lipinski definition) is 5. The van der Waals surface area contributed by atoms with E-state index >= 15 is 0 Å². The Hall–Kier alpha value is -2.15. The number of nitrogens with zero attached hydrogens (tertiary/aromatic N) is 4. The van der Waals surface area contributed by atoms with Gasteiger partial charge in [-0.15, -0.1) is 10.2 Å². The first kappa shape index (κ1) is 17.7. The van der Waals surface area contributed by atoms with Crippen LogP contribution in [0.1, 0.15) is 73.0 Å². The van der Waals surface area contributed by atoms with E-state index in [4.69, 9.17) is 4.42 Å². The Morgan fingerprint density at radius 1 is 1.36 bits per heavy atom. The first-order valence-corrected chi connectivity index (χ1v) is 8.95. The third-order valence-electron chi connectivity index (χ3n) is 4.89. The predicted molar refractivity (Wildman–Crippen MR) is 94.2 cm³/mol. The Kier molecular flexibility index (Phi) is 5.22. The molecule has 1 fully saturated rings. The molecule has 3 rings (SSSR count). The molecule has 0 bridgehead atoms. The minimum atomic E-state index is -0.0606. The third kappa shape index (κ3) is 3.61. The smallest absolute Gasteiger partial charge is 0.267 e. The van der Waals surface area contributed by atoms with E-state index in [1.54, 1.807) is 7.05 Å². The molecule has 136 valence electrons. The zero-order valence-electron chi connectivity index (χ0n) is 15.5. The topological polar surface area (TPSA) is 76.2 Å². The highest BCUT2D eigenvalue weighted by molar-refractivity contribution is 5.92. The van der Waals surface area contributed by atoms with Gasteiger partial charge in [-0.3, -0.25) is 9.69 Å². The van der Waals surface area contributed by atoms with Crippen molar-refractivity contribution in [2.45, 2.75) is 51.6 Å². The molecule has 0 unspecified atom stereocenters. The lowest BCUT2D eigenvalue weighted by atomic mass is 9.99. The van der Waals surface area contributed by atoms with E-state index < -0.39 is 0 Å². The van der Waals surface area contributed by atoms with Crippen molar-refractivity contribution in [2.75, 3.05) is 13.6 Å². The van der Waals surface area contributed by atoms with Crippen LogP contribution in [-0.2, 0) is 13.6 Å². The van der Waals surface area contributed by atoms with Crippen LogP contribution in [0.4, 0.5) is 0 Å². The zero-order valence-corrected chi connectivity index (χ0v) is 15.5. The molecule has 1 N–H and O–H groups in total. The fourth-order valence-electron chi connectivity index (χ4n) is 3.47. The Morgan fingerprint density at radius 2 is 2.16 bits per heavy atom. The van der Waals surface area contributed by atoms with Crippen LogP contribution in [-0.4, -0.2) is 39.2 Å². The molecule has 2 aromatic rings. The van der Waals surface area contributed by atoms with Crippen molar-refractivity contribution in [3.05, 3.63) is 35.3 Å². The molecule has 0 aliphatic carbocycles. The first-order chi connectivity index (χ1) is 12.0. The molecule has 1 aliphatic rings. The molecule has 0 spiro atoms. The number of nitrogens with one attached hydrogen (secondary N) is 1. The maximum absolute atomic E-state index is 12.0. The van der Waals surface area contributed by atoms with Gasteiger partial charge < -0.3 is 14.3 Å². The number of carbonyl (C=O) groups excluding carboxylic acids is 1. The van der Waals surface area contributed by atoms with Crippen LogP contribution in [0.3, 0.4) is 0 Å². The van der Waals surface area contributed by atoms with Gasteiger partial charge in [-0.2, -0.15) is 0 Å². The van der Waals surface area contributed by atoms with Crippen LogP contribution in [0.25, 0.3) is 0 Å². The van der Waals surface area contributed by atoms with E-state index in [1.807, 2.05) is 31.5 Å². The van der Waals surface area contributed by atoms with E-state index in [-0.39, 0.29) is 17.9 Å². The molecule has 0 radical (unpaired) electrons. The van der Waals surface area contributed by atoms with Gasteiger partial charge >= 0.3 is 0 Å². The average molecular weight is 345 g/mol. The number of hydrogen-bond donors (Lipinski definition) is 1. The molecule has 25 heavy (non-hydrogen) atoms. The van der Waals surface area contributed by atoms with Gasteiger partial charge in [0.25, 0.3) is 5.91 Å². The van der Waals surface area contributed by atoms with Crippen molar-refractivity contribution in [3.8, 4) is 0 Å². The van der Waals surface area contributed by atoms with Gasteiger partial charge in [-0.05, 0) is 31.5 Å². The second-order valence-electron chi connectivity index (χ2n) is 6.95. The minimum absolute atomic E-state index is 0.0606. The summed E-state index contributed by atoms with van der Waals surface area (Å²) in [5, 5.41) is 11.0. The predicted octanol–water partition coefficient (Wildman–Crippen LogP) is 2.62. The molecule has 7 nitrogen and oxygen atoms in total. The van der Waals surface area contributed by atoms with E-state index in [0.717, 1.165) is 25.1 Å². The summed E-state index contributed by atoms with van der Waals surface area (Å²) >= 11 is 0. The van der Waals surface area contributed by atoms with E-state index in [2.05, 4.69) is 26.5 Å². The van der Waals surface area contributed by atoms with Crippen molar-refractivity contribution in [1.29, 1.82) is 0 Å².